The topological polar surface area (TPSA) is 60.2 Å². The fourth-order valence-corrected chi connectivity index (χ4v) is 2.99. The Labute approximate surface area is 108 Å². The van der Waals surface area contributed by atoms with Crippen LogP contribution in [-0.4, -0.2) is 31.3 Å². The zero-order valence-corrected chi connectivity index (χ0v) is 11.9. The van der Waals surface area contributed by atoms with E-state index in [1.165, 1.54) is 0 Å². The van der Waals surface area contributed by atoms with Gasteiger partial charge >= 0.3 is 0 Å². The highest BCUT2D eigenvalue weighted by Gasteiger charge is 2.58. The van der Waals surface area contributed by atoms with Crippen LogP contribution in [0.4, 0.5) is 0 Å². The van der Waals surface area contributed by atoms with Crippen molar-refractivity contribution < 1.29 is 9.84 Å². The van der Waals surface area contributed by atoms with Gasteiger partial charge in [-0.2, -0.15) is 0 Å². The molecule has 1 aromatic rings. The molecule has 1 saturated heterocycles. The smallest absolute Gasteiger partial charge is 0.139 e. The van der Waals surface area contributed by atoms with Crippen LogP contribution in [0.15, 0.2) is 6.20 Å². The molecule has 1 unspecified atom stereocenters. The standard InChI is InChI=1S/C13H23N3O2/c1-6-7-16-10(8-14-15-16)13(17)9-11(2,3)18-12(13,4)5/h8,17H,6-7,9H2,1-5H3. The number of aliphatic hydroxyl groups is 1. The minimum atomic E-state index is -1.05. The summed E-state index contributed by atoms with van der Waals surface area (Å²) < 4.78 is 7.77. The van der Waals surface area contributed by atoms with Crippen LogP contribution in [-0.2, 0) is 16.9 Å². The van der Waals surface area contributed by atoms with E-state index in [0.717, 1.165) is 18.7 Å². The minimum absolute atomic E-state index is 0.348. The molecule has 0 radical (unpaired) electrons. The van der Waals surface area contributed by atoms with Crippen molar-refractivity contribution in [2.75, 3.05) is 0 Å². The van der Waals surface area contributed by atoms with Crippen LogP contribution in [0.3, 0.4) is 0 Å². The third-order valence-electron chi connectivity index (χ3n) is 3.69. The first-order valence-corrected chi connectivity index (χ1v) is 6.53. The van der Waals surface area contributed by atoms with Gasteiger partial charge in [0.05, 0.1) is 23.1 Å². The molecule has 2 heterocycles. The van der Waals surface area contributed by atoms with E-state index in [-0.39, 0.29) is 5.60 Å². The highest BCUT2D eigenvalue weighted by molar-refractivity contribution is 5.20. The van der Waals surface area contributed by atoms with E-state index in [0.29, 0.717) is 6.42 Å². The zero-order valence-electron chi connectivity index (χ0n) is 11.9. The highest BCUT2D eigenvalue weighted by Crippen LogP contribution is 2.50. The predicted molar refractivity (Wildman–Crippen MR) is 68.1 cm³/mol. The number of rotatable bonds is 3. The molecule has 0 bridgehead atoms. The van der Waals surface area contributed by atoms with Crippen molar-refractivity contribution in [1.82, 2.24) is 15.0 Å². The first kappa shape index (κ1) is 13.5. The van der Waals surface area contributed by atoms with Gasteiger partial charge in [-0.15, -0.1) is 5.10 Å². The quantitative estimate of drug-likeness (QED) is 0.893. The van der Waals surface area contributed by atoms with Crippen LogP contribution < -0.4 is 0 Å². The van der Waals surface area contributed by atoms with Gasteiger partial charge in [-0.05, 0) is 34.1 Å². The Morgan fingerprint density at radius 2 is 2.06 bits per heavy atom. The van der Waals surface area contributed by atoms with Crippen molar-refractivity contribution in [1.29, 1.82) is 0 Å². The van der Waals surface area contributed by atoms with Gasteiger partial charge < -0.3 is 9.84 Å². The molecule has 5 nitrogen and oxygen atoms in total. The van der Waals surface area contributed by atoms with Gasteiger partial charge in [-0.3, -0.25) is 0 Å². The number of aromatic nitrogens is 3. The van der Waals surface area contributed by atoms with Crippen LogP contribution in [0, 0.1) is 0 Å². The zero-order chi connectivity index (χ0) is 13.6. The van der Waals surface area contributed by atoms with Crippen molar-refractivity contribution in [2.45, 2.75) is 70.8 Å². The number of aryl methyl sites for hydroxylation is 1. The van der Waals surface area contributed by atoms with Crippen molar-refractivity contribution in [3.63, 3.8) is 0 Å². The number of ether oxygens (including phenoxy) is 1. The summed E-state index contributed by atoms with van der Waals surface area (Å²) in [5.74, 6) is 0. The summed E-state index contributed by atoms with van der Waals surface area (Å²) in [6, 6.07) is 0. The predicted octanol–water partition coefficient (Wildman–Crippen LogP) is 1.85. The lowest BCUT2D eigenvalue weighted by Crippen LogP contribution is -2.45. The summed E-state index contributed by atoms with van der Waals surface area (Å²) in [5.41, 5.74) is -1.29. The van der Waals surface area contributed by atoms with Crippen molar-refractivity contribution >= 4 is 0 Å². The Morgan fingerprint density at radius 3 is 2.56 bits per heavy atom. The first-order chi connectivity index (χ1) is 8.22. The van der Waals surface area contributed by atoms with Gasteiger partial charge in [-0.1, -0.05) is 12.1 Å². The Morgan fingerprint density at radius 1 is 1.39 bits per heavy atom. The number of nitrogens with zero attached hydrogens (tertiary/aromatic N) is 3. The van der Waals surface area contributed by atoms with Crippen LogP contribution in [0.1, 0.15) is 53.2 Å². The molecular weight excluding hydrogens is 230 g/mol. The molecule has 0 amide bonds. The maximum Gasteiger partial charge on any atom is 0.139 e. The molecule has 1 atom stereocenters. The SMILES string of the molecule is CCCn1nncc1C1(O)CC(C)(C)OC1(C)C. The van der Waals surface area contributed by atoms with Gasteiger partial charge in [-0.25, -0.2) is 4.68 Å². The van der Waals surface area contributed by atoms with E-state index >= 15 is 0 Å². The van der Waals surface area contributed by atoms with E-state index in [2.05, 4.69) is 17.2 Å². The van der Waals surface area contributed by atoms with Gasteiger partial charge in [0, 0.05) is 13.0 Å². The van der Waals surface area contributed by atoms with Crippen LogP contribution in [0.5, 0.6) is 0 Å². The van der Waals surface area contributed by atoms with E-state index in [4.69, 9.17) is 4.74 Å². The Balaban J connectivity index is 2.44. The first-order valence-electron chi connectivity index (χ1n) is 6.53. The number of hydrogen-bond acceptors (Lipinski definition) is 4. The number of hydrogen-bond donors (Lipinski definition) is 1. The summed E-state index contributed by atoms with van der Waals surface area (Å²) in [7, 11) is 0. The van der Waals surface area contributed by atoms with Crippen molar-refractivity contribution in [2.24, 2.45) is 0 Å². The Hall–Kier alpha value is -0.940. The maximum atomic E-state index is 11.1. The van der Waals surface area contributed by atoms with E-state index < -0.39 is 11.2 Å². The molecule has 1 aliphatic heterocycles. The second-order valence-corrected chi connectivity index (χ2v) is 6.25. The highest BCUT2D eigenvalue weighted by atomic mass is 16.5. The van der Waals surface area contributed by atoms with E-state index in [1.54, 1.807) is 10.9 Å². The summed E-state index contributed by atoms with van der Waals surface area (Å²) >= 11 is 0. The Bertz CT molecular complexity index is 439. The van der Waals surface area contributed by atoms with Crippen molar-refractivity contribution in [3.8, 4) is 0 Å². The van der Waals surface area contributed by atoms with Crippen LogP contribution >= 0.6 is 0 Å². The lowest BCUT2D eigenvalue weighted by atomic mass is 9.80. The molecule has 1 fully saturated rings. The molecule has 0 spiro atoms. The van der Waals surface area contributed by atoms with Gasteiger partial charge in [0.1, 0.15) is 5.60 Å². The molecule has 1 N–H and O–H groups in total. The van der Waals surface area contributed by atoms with Crippen LogP contribution in [0.25, 0.3) is 0 Å². The lowest BCUT2D eigenvalue weighted by molar-refractivity contribution is -0.132. The molecule has 5 heteroatoms. The average Bonchev–Trinajstić information content (AvgIpc) is 2.69. The molecular formula is C13H23N3O2. The summed E-state index contributed by atoms with van der Waals surface area (Å²) in [6.45, 7) is 10.7. The maximum absolute atomic E-state index is 11.1. The molecule has 0 saturated carbocycles. The molecule has 0 aromatic carbocycles. The van der Waals surface area contributed by atoms with Crippen LogP contribution in [0.2, 0.25) is 0 Å². The van der Waals surface area contributed by atoms with Crippen molar-refractivity contribution in [3.05, 3.63) is 11.9 Å². The summed E-state index contributed by atoms with van der Waals surface area (Å²) in [6.07, 6.45) is 3.16. The summed E-state index contributed by atoms with van der Waals surface area (Å²) in [5, 5.41) is 19.1. The molecule has 1 aromatic heterocycles. The Kier molecular flexibility index (Phi) is 3.02. The fourth-order valence-electron chi connectivity index (χ4n) is 2.99. The third kappa shape index (κ3) is 1.95. The molecule has 102 valence electrons. The largest absolute Gasteiger partial charge is 0.380 e. The van der Waals surface area contributed by atoms with Gasteiger partial charge in [0.15, 0.2) is 0 Å². The van der Waals surface area contributed by atoms with Gasteiger partial charge in [0.25, 0.3) is 0 Å². The second kappa shape index (κ2) is 4.03. The molecule has 1 aliphatic rings. The second-order valence-electron chi connectivity index (χ2n) is 6.25. The minimum Gasteiger partial charge on any atom is -0.380 e. The molecule has 2 rings (SSSR count). The molecule has 0 aliphatic carbocycles. The molecule has 18 heavy (non-hydrogen) atoms. The lowest BCUT2D eigenvalue weighted by Gasteiger charge is -2.34. The monoisotopic (exact) mass is 253 g/mol. The fraction of sp³-hybridized carbons (Fsp3) is 0.846. The van der Waals surface area contributed by atoms with E-state index in [9.17, 15) is 5.11 Å². The summed E-state index contributed by atoms with van der Waals surface area (Å²) in [4.78, 5) is 0. The van der Waals surface area contributed by atoms with E-state index in [1.807, 2.05) is 27.7 Å². The third-order valence-corrected chi connectivity index (χ3v) is 3.69. The van der Waals surface area contributed by atoms with Gasteiger partial charge in [0.2, 0.25) is 0 Å². The normalized spacial score (nSPS) is 29.7. The average molecular weight is 253 g/mol.